The highest BCUT2D eigenvalue weighted by atomic mass is 17.0. The van der Waals surface area contributed by atoms with Crippen LogP contribution in [0.15, 0.2) is 43.1 Å². The van der Waals surface area contributed by atoms with E-state index in [1.54, 1.807) is 0 Å². The molecule has 1 aromatic carbocycles. The van der Waals surface area contributed by atoms with Crippen LogP contribution in [0.3, 0.4) is 0 Å². The van der Waals surface area contributed by atoms with Gasteiger partial charge in [-0.1, -0.05) is 30.3 Å². The molecule has 0 fully saturated rings. The van der Waals surface area contributed by atoms with Crippen molar-refractivity contribution >= 4 is 16.7 Å². The normalized spacial score (nSPS) is 13.4. The van der Waals surface area contributed by atoms with E-state index in [0.29, 0.717) is 6.54 Å². The molecule has 4 rings (SSSR count). The molecule has 7 heteroatoms. The molecule has 1 aliphatic heterocycles. The van der Waals surface area contributed by atoms with E-state index in [1.165, 1.54) is 17.3 Å². The molecular weight excluding hydrogens is 356 g/mol. The van der Waals surface area contributed by atoms with E-state index in [-0.39, 0.29) is 5.75 Å². The Hall–Kier alpha value is -3.35. The van der Waals surface area contributed by atoms with Crippen LogP contribution in [0.5, 0.6) is 5.75 Å². The van der Waals surface area contributed by atoms with Gasteiger partial charge in [-0.2, -0.15) is 0 Å². The largest absolute Gasteiger partial charge is 0.350 e. The lowest BCUT2D eigenvalue weighted by atomic mass is 10.00. The van der Waals surface area contributed by atoms with E-state index in [0.717, 1.165) is 47.5 Å². The van der Waals surface area contributed by atoms with Crippen molar-refractivity contribution in [2.45, 2.75) is 33.4 Å². The number of hydrogen-bond acceptors (Lipinski definition) is 5. The van der Waals surface area contributed by atoms with E-state index < -0.39 is 5.09 Å². The van der Waals surface area contributed by atoms with E-state index in [9.17, 15) is 10.1 Å². The number of pyridine rings is 1. The van der Waals surface area contributed by atoms with Crippen LogP contribution in [-0.2, 0) is 19.5 Å². The summed E-state index contributed by atoms with van der Waals surface area (Å²) in [6, 6.07) is 8.42. The van der Waals surface area contributed by atoms with Crippen LogP contribution in [0.4, 0.5) is 5.82 Å². The maximum absolute atomic E-state index is 11.0. The number of aromatic nitrogens is 2. The van der Waals surface area contributed by atoms with Crippen molar-refractivity contribution in [2.24, 2.45) is 0 Å². The summed E-state index contributed by atoms with van der Waals surface area (Å²) in [4.78, 5) is 22.7. The SMILES string of the molecule is C=CCn1c(C)c(C)c2c(O[N+](=O)[O-])cnc(N3CCc4ccccc4C3)c21. The summed E-state index contributed by atoms with van der Waals surface area (Å²) in [6.07, 6.45) is 4.22. The minimum absolute atomic E-state index is 0.171. The Bertz CT molecular complexity index is 1090. The van der Waals surface area contributed by atoms with Gasteiger partial charge in [0.15, 0.2) is 11.6 Å². The molecule has 1 aliphatic rings. The molecule has 144 valence electrons. The van der Waals surface area contributed by atoms with Crippen molar-refractivity contribution in [3.05, 3.63) is 75.6 Å². The predicted octanol–water partition coefficient (Wildman–Crippen LogP) is 3.97. The minimum Gasteiger partial charge on any atom is -0.350 e. The van der Waals surface area contributed by atoms with Gasteiger partial charge in [-0.05, 0) is 37.0 Å². The Morgan fingerprint density at radius 2 is 2.07 bits per heavy atom. The second-order valence-electron chi connectivity index (χ2n) is 7.03. The Morgan fingerprint density at radius 1 is 1.32 bits per heavy atom. The molecule has 0 saturated carbocycles. The first kappa shape index (κ1) is 18.0. The van der Waals surface area contributed by atoms with E-state index >= 15 is 0 Å². The number of allylic oxidation sites excluding steroid dienone is 1. The zero-order valence-corrected chi connectivity index (χ0v) is 16.0. The fourth-order valence-corrected chi connectivity index (χ4v) is 4.06. The molecule has 0 saturated heterocycles. The molecule has 0 radical (unpaired) electrons. The van der Waals surface area contributed by atoms with Crippen LogP contribution in [0.2, 0.25) is 0 Å². The van der Waals surface area contributed by atoms with Gasteiger partial charge in [-0.25, -0.2) is 4.98 Å². The van der Waals surface area contributed by atoms with E-state index in [1.807, 2.05) is 26.0 Å². The molecule has 0 spiro atoms. The van der Waals surface area contributed by atoms with Crippen LogP contribution in [-0.4, -0.2) is 21.2 Å². The average Bonchev–Trinajstić information content (AvgIpc) is 2.94. The first-order valence-corrected chi connectivity index (χ1v) is 9.24. The summed E-state index contributed by atoms with van der Waals surface area (Å²) in [6.45, 7) is 10.0. The number of benzene rings is 1. The van der Waals surface area contributed by atoms with Crippen molar-refractivity contribution in [2.75, 3.05) is 11.4 Å². The van der Waals surface area contributed by atoms with Crippen molar-refractivity contribution in [3.63, 3.8) is 0 Å². The fourth-order valence-electron chi connectivity index (χ4n) is 4.06. The molecule has 0 aliphatic carbocycles. The number of fused-ring (bicyclic) bond motifs is 2. The standard InChI is InChI=1S/C21H22N4O3/c1-4-10-24-15(3)14(2)19-18(28-25(26)27)12-22-21(20(19)24)23-11-9-16-7-5-6-8-17(16)13-23/h4-8,12H,1,9-11,13H2,2-3H3. The van der Waals surface area contributed by atoms with Gasteiger partial charge in [-0.3, -0.25) is 4.84 Å². The third kappa shape index (κ3) is 2.89. The number of hydrogen-bond donors (Lipinski definition) is 0. The Morgan fingerprint density at radius 3 is 2.79 bits per heavy atom. The van der Waals surface area contributed by atoms with Crippen molar-refractivity contribution in [3.8, 4) is 5.75 Å². The van der Waals surface area contributed by atoms with Gasteiger partial charge in [-0.15, -0.1) is 16.7 Å². The van der Waals surface area contributed by atoms with Gasteiger partial charge in [0.05, 0.1) is 11.7 Å². The summed E-state index contributed by atoms with van der Waals surface area (Å²) in [7, 11) is 0. The highest BCUT2D eigenvalue weighted by Gasteiger charge is 2.25. The number of rotatable bonds is 5. The topological polar surface area (TPSA) is 73.4 Å². The Kier molecular flexibility index (Phi) is 4.50. The average molecular weight is 378 g/mol. The number of nitrogens with zero attached hydrogens (tertiary/aromatic N) is 4. The summed E-state index contributed by atoms with van der Waals surface area (Å²) < 4.78 is 2.10. The molecule has 7 nitrogen and oxygen atoms in total. The number of anilines is 1. The lowest BCUT2D eigenvalue weighted by molar-refractivity contribution is -0.710. The Balaban J connectivity index is 1.91. The highest BCUT2D eigenvalue weighted by molar-refractivity contribution is 5.98. The van der Waals surface area contributed by atoms with Gasteiger partial charge in [0.25, 0.3) is 5.09 Å². The monoisotopic (exact) mass is 378 g/mol. The summed E-state index contributed by atoms with van der Waals surface area (Å²) >= 11 is 0. The van der Waals surface area contributed by atoms with Crippen molar-refractivity contribution in [1.29, 1.82) is 0 Å². The van der Waals surface area contributed by atoms with Crippen LogP contribution in [0, 0.1) is 24.0 Å². The first-order chi connectivity index (χ1) is 13.5. The van der Waals surface area contributed by atoms with Gasteiger partial charge in [0, 0.05) is 30.7 Å². The number of aryl methyl sites for hydroxylation is 1. The molecule has 3 aromatic rings. The molecule has 28 heavy (non-hydrogen) atoms. The van der Waals surface area contributed by atoms with Gasteiger partial charge >= 0.3 is 0 Å². The highest BCUT2D eigenvalue weighted by Crippen LogP contribution is 2.39. The minimum atomic E-state index is -0.785. The predicted molar refractivity (Wildman–Crippen MR) is 108 cm³/mol. The maximum Gasteiger partial charge on any atom is 0.299 e. The molecule has 0 atom stereocenters. The molecule has 0 unspecified atom stereocenters. The first-order valence-electron chi connectivity index (χ1n) is 9.24. The quantitative estimate of drug-likeness (QED) is 0.381. The van der Waals surface area contributed by atoms with E-state index in [2.05, 4.69) is 39.2 Å². The molecule has 0 bridgehead atoms. The zero-order chi connectivity index (χ0) is 19.8. The van der Waals surface area contributed by atoms with Crippen molar-refractivity contribution < 1.29 is 9.92 Å². The summed E-state index contributed by atoms with van der Waals surface area (Å²) in [5.41, 5.74) is 5.47. The van der Waals surface area contributed by atoms with Crippen molar-refractivity contribution in [1.82, 2.24) is 9.55 Å². The molecule has 0 amide bonds. The molecule has 2 aromatic heterocycles. The van der Waals surface area contributed by atoms with Crippen LogP contribution in [0.25, 0.3) is 10.9 Å². The maximum atomic E-state index is 11.0. The van der Waals surface area contributed by atoms with Gasteiger partial charge in [0.2, 0.25) is 0 Å². The third-order valence-corrected chi connectivity index (χ3v) is 5.51. The molecule has 0 N–H and O–H groups in total. The van der Waals surface area contributed by atoms with Gasteiger partial charge < -0.3 is 9.47 Å². The summed E-state index contributed by atoms with van der Waals surface area (Å²) in [5, 5.41) is 10.9. The van der Waals surface area contributed by atoms with Crippen LogP contribution < -0.4 is 9.74 Å². The Labute approximate surface area is 163 Å². The van der Waals surface area contributed by atoms with Gasteiger partial charge in [0.1, 0.15) is 0 Å². The zero-order valence-electron chi connectivity index (χ0n) is 16.0. The lowest BCUT2D eigenvalue weighted by Gasteiger charge is -2.30. The fraction of sp³-hybridized carbons (Fsp3) is 0.286. The second kappa shape index (κ2) is 6.99. The second-order valence-corrected chi connectivity index (χ2v) is 7.03. The van der Waals surface area contributed by atoms with E-state index in [4.69, 9.17) is 4.84 Å². The third-order valence-electron chi connectivity index (χ3n) is 5.51. The van der Waals surface area contributed by atoms with Crippen LogP contribution in [0.1, 0.15) is 22.4 Å². The lowest BCUT2D eigenvalue weighted by Crippen LogP contribution is -2.31. The summed E-state index contributed by atoms with van der Waals surface area (Å²) in [5.74, 6) is 0.989. The van der Waals surface area contributed by atoms with Crippen LogP contribution >= 0.6 is 0 Å². The smallest absolute Gasteiger partial charge is 0.299 e. The molecule has 3 heterocycles. The molecular formula is C21H22N4O3.